The van der Waals surface area contributed by atoms with E-state index in [0.29, 0.717) is 28.7 Å². The summed E-state index contributed by atoms with van der Waals surface area (Å²) in [6.07, 6.45) is 5.21. The maximum absolute atomic E-state index is 12.2. The Kier molecular flexibility index (Phi) is 6.29. The van der Waals surface area contributed by atoms with Gasteiger partial charge < -0.3 is 10.6 Å². The highest BCUT2D eigenvalue weighted by atomic mass is 35.5. The lowest BCUT2D eigenvalue weighted by Crippen LogP contribution is -2.32. The Hall–Kier alpha value is -2.33. The number of nitrogens with one attached hydrogen (secondary N) is 2. The van der Waals surface area contributed by atoms with Crippen LogP contribution < -0.4 is 10.6 Å². The van der Waals surface area contributed by atoms with E-state index in [1.165, 1.54) is 12.8 Å². The van der Waals surface area contributed by atoms with Crippen LogP contribution in [0.4, 0.5) is 0 Å². The zero-order valence-corrected chi connectivity index (χ0v) is 15.4. The summed E-state index contributed by atoms with van der Waals surface area (Å²) in [4.78, 5) is 24.4. The molecule has 26 heavy (non-hydrogen) atoms. The monoisotopic (exact) mass is 370 g/mol. The Labute approximate surface area is 158 Å². The molecule has 4 nitrogen and oxygen atoms in total. The minimum atomic E-state index is -0.137. The van der Waals surface area contributed by atoms with E-state index in [9.17, 15) is 9.59 Å². The van der Waals surface area contributed by atoms with Crippen molar-refractivity contribution in [2.45, 2.75) is 38.1 Å². The number of hydrogen-bond acceptors (Lipinski definition) is 2. The molecular formula is C21H23ClN2O2. The first kappa shape index (κ1) is 18.5. The number of halogens is 1. The molecule has 0 radical (unpaired) electrons. The molecule has 2 aromatic carbocycles. The quantitative estimate of drug-likeness (QED) is 0.807. The summed E-state index contributed by atoms with van der Waals surface area (Å²) in [6, 6.07) is 14.7. The molecule has 0 aromatic heterocycles. The predicted octanol–water partition coefficient (Wildman–Crippen LogP) is 3.98. The Morgan fingerprint density at radius 1 is 0.885 bits per heavy atom. The second kappa shape index (κ2) is 8.86. The molecule has 1 saturated carbocycles. The van der Waals surface area contributed by atoms with Gasteiger partial charge in [0.15, 0.2) is 0 Å². The minimum absolute atomic E-state index is 0.0633. The molecule has 0 bridgehead atoms. The molecule has 136 valence electrons. The normalized spacial score (nSPS) is 14.2. The largest absolute Gasteiger partial charge is 0.352 e. The minimum Gasteiger partial charge on any atom is -0.352 e. The molecule has 0 saturated heterocycles. The van der Waals surface area contributed by atoms with Crippen LogP contribution in [0.5, 0.6) is 0 Å². The Balaban J connectivity index is 1.48. The zero-order valence-electron chi connectivity index (χ0n) is 14.6. The summed E-state index contributed by atoms with van der Waals surface area (Å²) in [7, 11) is 0. The van der Waals surface area contributed by atoms with E-state index in [1.54, 1.807) is 24.3 Å². The summed E-state index contributed by atoms with van der Waals surface area (Å²) in [6.45, 7) is 0.546. The van der Waals surface area contributed by atoms with Crippen LogP contribution in [-0.2, 0) is 6.42 Å². The summed E-state index contributed by atoms with van der Waals surface area (Å²) in [5.74, 6) is -0.201. The van der Waals surface area contributed by atoms with Crippen molar-refractivity contribution < 1.29 is 9.59 Å². The molecule has 2 aromatic rings. The lowest BCUT2D eigenvalue weighted by molar-refractivity contribution is 0.0931. The molecule has 1 fully saturated rings. The first-order valence-electron chi connectivity index (χ1n) is 9.05. The van der Waals surface area contributed by atoms with E-state index in [0.717, 1.165) is 24.8 Å². The van der Waals surface area contributed by atoms with E-state index in [-0.39, 0.29) is 11.8 Å². The summed E-state index contributed by atoms with van der Waals surface area (Å²) in [5, 5.41) is 6.65. The van der Waals surface area contributed by atoms with Crippen molar-refractivity contribution >= 4 is 23.4 Å². The van der Waals surface area contributed by atoms with Gasteiger partial charge in [0.1, 0.15) is 0 Å². The van der Waals surface area contributed by atoms with Gasteiger partial charge in [-0.2, -0.15) is 0 Å². The molecular weight excluding hydrogens is 348 g/mol. The number of benzene rings is 2. The molecule has 0 heterocycles. The molecule has 0 atom stereocenters. The topological polar surface area (TPSA) is 58.2 Å². The third-order valence-electron chi connectivity index (χ3n) is 4.71. The van der Waals surface area contributed by atoms with Crippen LogP contribution in [0.1, 0.15) is 52.0 Å². The van der Waals surface area contributed by atoms with Crippen molar-refractivity contribution in [2.24, 2.45) is 0 Å². The van der Waals surface area contributed by atoms with E-state index >= 15 is 0 Å². The predicted molar refractivity (Wildman–Crippen MR) is 104 cm³/mol. The van der Waals surface area contributed by atoms with Crippen LogP contribution in [0.3, 0.4) is 0 Å². The molecule has 1 aliphatic rings. The molecule has 0 unspecified atom stereocenters. The van der Waals surface area contributed by atoms with E-state index < -0.39 is 0 Å². The smallest absolute Gasteiger partial charge is 0.251 e. The summed E-state index contributed by atoms with van der Waals surface area (Å²) in [5.41, 5.74) is 2.27. The first-order chi connectivity index (χ1) is 12.6. The van der Waals surface area contributed by atoms with Gasteiger partial charge in [0.05, 0.1) is 0 Å². The van der Waals surface area contributed by atoms with Crippen LogP contribution in [0.25, 0.3) is 0 Å². The number of carbonyl (C=O) groups excluding carboxylic acids is 2. The second-order valence-electron chi connectivity index (χ2n) is 6.66. The fourth-order valence-corrected chi connectivity index (χ4v) is 3.31. The van der Waals surface area contributed by atoms with Gasteiger partial charge in [-0.3, -0.25) is 9.59 Å². The molecule has 0 aliphatic heterocycles. The van der Waals surface area contributed by atoms with Crippen LogP contribution in [0, 0.1) is 0 Å². The first-order valence-corrected chi connectivity index (χ1v) is 9.43. The lowest BCUT2D eigenvalue weighted by atomic mass is 10.1. The maximum atomic E-state index is 12.2. The third kappa shape index (κ3) is 5.09. The highest BCUT2D eigenvalue weighted by Gasteiger charge is 2.18. The van der Waals surface area contributed by atoms with Gasteiger partial charge in [-0.1, -0.05) is 36.6 Å². The molecule has 0 spiro atoms. The van der Waals surface area contributed by atoms with Gasteiger partial charge in [0, 0.05) is 28.7 Å². The van der Waals surface area contributed by atoms with Gasteiger partial charge in [0.25, 0.3) is 11.8 Å². The molecule has 3 rings (SSSR count). The van der Waals surface area contributed by atoms with E-state index in [4.69, 9.17) is 11.6 Å². The molecule has 1 aliphatic carbocycles. The maximum Gasteiger partial charge on any atom is 0.251 e. The fraction of sp³-hybridized carbons (Fsp3) is 0.333. The lowest BCUT2D eigenvalue weighted by Gasteiger charge is -2.12. The van der Waals surface area contributed by atoms with Crippen LogP contribution in [0.15, 0.2) is 48.5 Å². The average Bonchev–Trinajstić information content (AvgIpc) is 3.16. The third-order valence-corrected chi connectivity index (χ3v) is 4.96. The van der Waals surface area contributed by atoms with Gasteiger partial charge in [-0.05, 0) is 61.2 Å². The van der Waals surface area contributed by atoms with Crippen molar-refractivity contribution in [3.63, 3.8) is 0 Å². The number of rotatable bonds is 6. The number of carbonyl (C=O) groups is 2. The van der Waals surface area contributed by atoms with Gasteiger partial charge >= 0.3 is 0 Å². The van der Waals surface area contributed by atoms with Gasteiger partial charge in [0.2, 0.25) is 0 Å². The van der Waals surface area contributed by atoms with Crippen molar-refractivity contribution in [2.75, 3.05) is 6.54 Å². The number of amides is 2. The van der Waals surface area contributed by atoms with Crippen LogP contribution >= 0.6 is 11.6 Å². The second-order valence-corrected chi connectivity index (χ2v) is 7.10. The highest BCUT2D eigenvalue weighted by molar-refractivity contribution is 6.30. The molecule has 2 N–H and O–H groups in total. The Morgan fingerprint density at radius 2 is 1.46 bits per heavy atom. The average molecular weight is 371 g/mol. The van der Waals surface area contributed by atoms with Crippen molar-refractivity contribution in [1.82, 2.24) is 10.6 Å². The fourth-order valence-electron chi connectivity index (χ4n) is 3.19. The van der Waals surface area contributed by atoms with Crippen LogP contribution in [0.2, 0.25) is 5.02 Å². The highest BCUT2D eigenvalue weighted by Crippen LogP contribution is 2.18. The summed E-state index contributed by atoms with van der Waals surface area (Å²) >= 11 is 5.86. The van der Waals surface area contributed by atoms with Crippen molar-refractivity contribution in [1.29, 1.82) is 0 Å². The van der Waals surface area contributed by atoms with E-state index in [2.05, 4.69) is 10.6 Å². The van der Waals surface area contributed by atoms with Gasteiger partial charge in [-0.25, -0.2) is 0 Å². The molecule has 2 amide bonds. The van der Waals surface area contributed by atoms with Crippen molar-refractivity contribution in [3.8, 4) is 0 Å². The van der Waals surface area contributed by atoms with E-state index in [1.807, 2.05) is 24.3 Å². The SMILES string of the molecule is O=C(NCCc1ccc(Cl)cc1)c1ccc(C(=O)NC2CCCC2)cc1. The number of hydrogen-bond donors (Lipinski definition) is 2. The molecule has 5 heteroatoms. The van der Waals surface area contributed by atoms with Gasteiger partial charge in [-0.15, -0.1) is 0 Å². The standard InChI is InChI=1S/C21H23ClN2O2/c22-18-11-5-15(6-12-18)13-14-23-20(25)16-7-9-17(10-8-16)21(26)24-19-3-1-2-4-19/h5-12,19H,1-4,13-14H2,(H,23,25)(H,24,26). The Morgan fingerprint density at radius 3 is 2.08 bits per heavy atom. The van der Waals surface area contributed by atoms with Crippen molar-refractivity contribution in [3.05, 3.63) is 70.2 Å². The summed E-state index contributed by atoms with van der Waals surface area (Å²) < 4.78 is 0. The Bertz CT molecular complexity index is 751. The van der Waals surface area contributed by atoms with Crippen LogP contribution in [-0.4, -0.2) is 24.4 Å². The zero-order chi connectivity index (χ0) is 18.4.